The Labute approximate surface area is 83.1 Å². The minimum Gasteiger partial charge on any atom is -0.396 e. The first-order valence-electron chi connectivity index (χ1n) is 4.61. The first-order chi connectivity index (χ1) is 6.76. The number of carbonyl (C=O) groups is 1. The highest BCUT2D eigenvalue weighted by Crippen LogP contribution is 1.91. The number of amides is 2. The van der Waals surface area contributed by atoms with Crippen LogP contribution in [0.3, 0.4) is 0 Å². The summed E-state index contributed by atoms with van der Waals surface area (Å²) in [7, 11) is 0. The molecule has 6 nitrogen and oxygen atoms in total. The molecule has 0 aromatic heterocycles. The number of aliphatic hydroxyl groups is 3. The zero-order chi connectivity index (χ0) is 10.8. The highest BCUT2D eigenvalue weighted by atomic mass is 16.3. The molecular formula is C8H18N2O4. The molecule has 0 fully saturated rings. The molecule has 4 N–H and O–H groups in total. The lowest BCUT2D eigenvalue weighted by atomic mass is 10.4. The largest absolute Gasteiger partial charge is 0.396 e. The van der Waals surface area contributed by atoms with Gasteiger partial charge in [-0.1, -0.05) is 0 Å². The second-order valence-electron chi connectivity index (χ2n) is 2.74. The molecule has 0 saturated heterocycles. The number of nitrogens with zero attached hydrogens (tertiary/aromatic N) is 1. The first kappa shape index (κ1) is 13.2. The quantitative estimate of drug-likeness (QED) is 0.402. The Kier molecular flexibility index (Phi) is 8.20. The van der Waals surface area contributed by atoms with Gasteiger partial charge in [-0.2, -0.15) is 0 Å². The molecule has 0 aliphatic heterocycles. The molecule has 0 spiro atoms. The minimum atomic E-state index is -0.332. The first-order valence-corrected chi connectivity index (χ1v) is 4.61. The summed E-state index contributed by atoms with van der Waals surface area (Å²) in [6, 6.07) is -0.332. The molecule has 0 rings (SSSR count). The number of urea groups is 1. The summed E-state index contributed by atoms with van der Waals surface area (Å²) in [6.45, 7) is 0.608. The van der Waals surface area contributed by atoms with Crippen molar-refractivity contribution in [2.75, 3.05) is 39.5 Å². The fourth-order valence-electron chi connectivity index (χ4n) is 0.972. The number of carbonyl (C=O) groups excluding carboxylic acids is 1. The molecule has 14 heavy (non-hydrogen) atoms. The van der Waals surface area contributed by atoms with E-state index in [9.17, 15) is 4.79 Å². The van der Waals surface area contributed by atoms with Crippen molar-refractivity contribution in [2.45, 2.75) is 6.42 Å². The van der Waals surface area contributed by atoms with E-state index in [0.29, 0.717) is 13.0 Å². The van der Waals surface area contributed by atoms with Crippen molar-refractivity contribution in [3.05, 3.63) is 0 Å². The van der Waals surface area contributed by atoms with Crippen molar-refractivity contribution in [3.8, 4) is 0 Å². The van der Waals surface area contributed by atoms with Crippen LogP contribution >= 0.6 is 0 Å². The van der Waals surface area contributed by atoms with Crippen LogP contribution in [0.25, 0.3) is 0 Å². The maximum Gasteiger partial charge on any atom is 0.317 e. The third-order valence-electron chi connectivity index (χ3n) is 1.63. The Hall–Kier alpha value is -0.850. The summed E-state index contributed by atoms with van der Waals surface area (Å²) >= 11 is 0. The summed E-state index contributed by atoms with van der Waals surface area (Å²) < 4.78 is 0. The van der Waals surface area contributed by atoms with Crippen molar-refractivity contribution in [1.29, 1.82) is 0 Å². The number of aliphatic hydroxyl groups excluding tert-OH is 3. The van der Waals surface area contributed by atoms with Crippen LogP contribution in [0.1, 0.15) is 6.42 Å². The van der Waals surface area contributed by atoms with Gasteiger partial charge in [0, 0.05) is 26.2 Å². The molecule has 0 unspecified atom stereocenters. The lowest BCUT2D eigenvalue weighted by molar-refractivity contribution is 0.167. The van der Waals surface area contributed by atoms with Gasteiger partial charge in [0.25, 0.3) is 0 Å². The van der Waals surface area contributed by atoms with Gasteiger partial charge in [-0.3, -0.25) is 0 Å². The molecule has 0 radical (unpaired) electrons. The van der Waals surface area contributed by atoms with E-state index in [1.54, 1.807) is 0 Å². The maximum atomic E-state index is 11.3. The van der Waals surface area contributed by atoms with Crippen LogP contribution < -0.4 is 5.32 Å². The van der Waals surface area contributed by atoms with Gasteiger partial charge in [-0.25, -0.2) is 4.79 Å². The Balaban J connectivity index is 3.84. The second-order valence-corrected chi connectivity index (χ2v) is 2.74. The minimum absolute atomic E-state index is 0.00914. The van der Waals surface area contributed by atoms with Crippen LogP contribution in [-0.4, -0.2) is 65.7 Å². The standard InChI is InChI=1S/C8H18N2O4/c11-5-1-3-10(4-7-13)8(14)9-2-6-12/h11-13H,1-7H2,(H,9,14). The predicted octanol–water partition coefficient (Wildman–Crippen LogP) is -1.63. The molecule has 0 heterocycles. The lowest BCUT2D eigenvalue weighted by Gasteiger charge is -2.21. The van der Waals surface area contributed by atoms with E-state index in [1.807, 2.05) is 0 Å². The van der Waals surface area contributed by atoms with Crippen LogP contribution in [0.4, 0.5) is 4.79 Å². The van der Waals surface area contributed by atoms with Gasteiger partial charge >= 0.3 is 6.03 Å². The third-order valence-corrected chi connectivity index (χ3v) is 1.63. The van der Waals surface area contributed by atoms with Crippen LogP contribution in [0.5, 0.6) is 0 Å². The van der Waals surface area contributed by atoms with Crippen LogP contribution in [0, 0.1) is 0 Å². The molecular weight excluding hydrogens is 188 g/mol. The molecule has 6 heteroatoms. The molecule has 0 aromatic rings. The van der Waals surface area contributed by atoms with E-state index in [1.165, 1.54) is 4.90 Å². The normalized spacial score (nSPS) is 9.93. The summed E-state index contributed by atoms with van der Waals surface area (Å²) in [5, 5.41) is 28.2. The van der Waals surface area contributed by atoms with Gasteiger partial charge in [0.1, 0.15) is 0 Å². The van der Waals surface area contributed by atoms with Crippen LogP contribution in [-0.2, 0) is 0 Å². The van der Waals surface area contributed by atoms with Gasteiger partial charge in [0.15, 0.2) is 0 Å². The molecule has 0 aliphatic carbocycles. The van der Waals surface area contributed by atoms with E-state index in [0.717, 1.165) is 0 Å². The maximum absolute atomic E-state index is 11.3. The van der Waals surface area contributed by atoms with Gasteiger partial charge < -0.3 is 25.5 Å². The van der Waals surface area contributed by atoms with E-state index in [4.69, 9.17) is 15.3 Å². The lowest BCUT2D eigenvalue weighted by Crippen LogP contribution is -2.43. The van der Waals surface area contributed by atoms with Crippen molar-refractivity contribution in [2.24, 2.45) is 0 Å². The van der Waals surface area contributed by atoms with Crippen LogP contribution in [0.15, 0.2) is 0 Å². The average Bonchev–Trinajstić information content (AvgIpc) is 2.20. The second kappa shape index (κ2) is 8.74. The number of hydrogen-bond acceptors (Lipinski definition) is 4. The molecule has 0 aromatic carbocycles. The molecule has 84 valence electrons. The Morgan fingerprint density at radius 1 is 1.07 bits per heavy atom. The number of rotatable bonds is 7. The summed E-state index contributed by atoms with van der Waals surface area (Å²) in [6.07, 6.45) is 0.479. The highest BCUT2D eigenvalue weighted by molar-refractivity contribution is 5.74. The van der Waals surface area contributed by atoms with Crippen molar-refractivity contribution < 1.29 is 20.1 Å². The summed E-state index contributed by atoms with van der Waals surface area (Å²) in [4.78, 5) is 12.7. The molecule has 0 bridgehead atoms. The zero-order valence-electron chi connectivity index (χ0n) is 8.15. The van der Waals surface area contributed by atoms with E-state index >= 15 is 0 Å². The van der Waals surface area contributed by atoms with Crippen molar-refractivity contribution >= 4 is 6.03 Å². The van der Waals surface area contributed by atoms with Gasteiger partial charge in [0.2, 0.25) is 0 Å². The third kappa shape index (κ3) is 5.74. The monoisotopic (exact) mass is 206 g/mol. The smallest absolute Gasteiger partial charge is 0.317 e. The van der Waals surface area contributed by atoms with E-state index < -0.39 is 0 Å². The van der Waals surface area contributed by atoms with Crippen LogP contribution in [0.2, 0.25) is 0 Å². The fraction of sp³-hybridized carbons (Fsp3) is 0.875. The highest BCUT2D eigenvalue weighted by Gasteiger charge is 2.10. The SMILES string of the molecule is O=C(NCCO)N(CCO)CCCO. The Bertz CT molecular complexity index is 154. The molecule has 2 amide bonds. The van der Waals surface area contributed by atoms with Gasteiger partial charge in [-0.05, 0) is 6.42 Å². The fourth-order valence-corrected chi connectivity index (χ4v) is 0.972. The number of hydrogen-bond donors (Lipinski definition) is 4. The topological polar surface area (TPSA) is 93.0 Å². The molecule has 0 atom stereocenters. The molecule has 0 saturated carbocycles. The van der Waals surface area contributed by atoms with Gasteiger partial charge in [0.05, 0.1) is 13.2 Å². The van der Waals surface area contributed by atoms with E-state index in [-0.39, 0.29) is 38.9 Å². The predicted molar refractivity (Wildman–Crippen MR) is 50.8 cm³/mol. The van der Waals surface area contributed by atoms with Crippen molar-refractivity contribution in [1.82, 2.24) is 10.2 Å². The molecule has 0 aliphatic rings. The van der Waals surface area contributed by atoms with Crippen molar-refractivity contribution in [3.63, 3.8) is 0 Å². The summed E-state index contributed by atoms with van der Waals surface area (Å²) in [5.74, 6) is 0. The summed E-state index contributed by atoms with van der Waals surface area (Å²) in [5.41, 5.74) is 0. The average molecular weight is 206 g/mol. The van der Waals surface area contributed by atoms with Gasteiger partial charge in [-0.15, -0.1) is 0 Å². The van der Waals surface area contributed by atoms with E-state index in [2.05, 4.69) is 5.32 Å². The Morgan fingerprint density at radius 2 is 1.79 bits per heavy atom. The Morgan fingerprint density at radius 3 is 2.29 bits per heavy atom. The number of nitrogens with one attached hydrogen (secondary N) is 1. The zero-order valence-corrected chi connectivity index (χ0v) is 8.15.